The minimum atomic E-state index is 1.00. The molecule has 1 aromatic heterocycles. The lowest BCUT2D eigenvalue weighted by Gasteiger charge is -2.22. The van der Waals surface area contributed by atoms with Gasteiger partial charge in [-0.05, 0) is 32.0 Å². The van der Waals surface area contributed by atoms with Gasteiger partial charge in [-0.2, -0.15) is 0 Å². The van der Waals surface area contributed by atoms with Crippen LogP contribution in [0.15, 0.2) is 18.3 Å². The van der Waals surface area contributed by atoms with Crippen molar-refractivity contribution in [1.82, 2.24) is 9.88 Å². The predicted octanol–water partition coefficient (Wildman–Crippen LogP) is 3.53. The van der Waals surface area contributed by atoms with Crippen LogP contribution in [0.3, 0.4) is 0 Å². The van der Waals surface area contributed by atoms with Gasteiger partial charge >= 0.3 is 0 Å². The van der Waals surface area contributed by atoms with Gasteiger partial charge in [0, 0.05) is 25.4 Å². The Hall–Kier alpha value is -1.09. The maximum atomic E-state index is 4.37. The van der Waals surface area contributed by atoms with Gasteiger partial charge in [-0.25, -0.2) is 4.98 Å². The summed E-state index contributed by atoms with van der Waals surface area (Å²) in [6.07, 6.45) is 6.92. The molecule has 0 atom stereocenters. The zero-order valence-corrected chi connectivity index (χ0v) is 12.1. The van der Waals surface area contributed by atoms with Crippen LogP contribution < -0.4 is 5.32 Å². The molecular weight excluding hydrogens is 222 g/mol. The molecule has 0 radical (unpaired) electrons. The van der Waals surface area contributed by atoms with E-state index in [-0.39, 0.29) is 0 Å². The molecule has 0 unspecified atom stereocenters. The molecule has 0 fully saturated rings. The van der Waals surface area contributed by atoms with Crippen molar-refractivity contribution in [3.8, 4) is 0 Å². The average molecular weight is 249 g/mol. The molecule has 0 saturated heterocycles. The molecular formula is C15H27N3. The van der Waals surface area contributed by atoms with E-state index in [9.17, 15) is 0 Å². The van der Waals surface area contributed by atoms with E-state index < -0.39 is 0 Å². The fourth-order valence-electron chi connectivity index (χ4n) is 2.07. The summed E-state index contributed by atoms with van der Waals surface area (Å²) in [4.78, 5) is 6.92. The molecule has 0 spiro atoms. The standard InChI is InChI=1S/C15H27N3/c1-4-6-11-18(12-7-5-2)13-14-9-8-10-17-15(14)16-3/h8-10H,4-7,11-13H2,1-3H3,(H,16,17). The fraction of sp³-hybridized carbons (Fsp3) is 0.667. The molecule has 0 bridgehead atoms. The molecule has 1 aromatic rings. The third kappa shape index (κ3) is 5.05. The van der Waals surface area contributed by atoms with Gasteiger partial charge in [0.2, 0.25) is 0 Å². The van der Waals surface area contributed by atoms with Crippen molar-refractivity contribution in [1.29, 1.82) is 0 Å². The Morgan fingerprint density at radius 2 is 1.83 bits per heavy atom. The molecule has 1 N–H and O–H groups in total. The van der Waals surface area contributed by atoms with Gasteiger partial charge in [0.1, 0.15) is 5.82 Å². The molecule has 3 nitrogen and oxygen atoms in total. The lowest BCUT2D eigenvalue weighted by atomic mass is 10.2. The highest BCUT2D eigenvalue weighted by Crippen LogP contribution is 2.14. The van der Waals surface area contributed by atoms with E-state index >= 15 is 0 Å². The number of pyridine rings is 1. The Bertz CT molecular complexity index is 317. The Labute approximate surface area is 112 Å². The summed E-state index contributed by atoms with van der Waals surface area (Å²) in [5.41, 5.74) is 1.30. The molecule has 0 aliphatic carbocycles. The highest BCUT2D eigenvalue weighted by Gasteiger charge is 2.08. The van der Waals surface area contributed by atoms with Crippen molar-refractivity contribution in [2.45, 2.75) is 46.1 Å². The maximum absolute atomic E-state index is 4.37. The lowest BCUT2D eigenvalue weighted by molar-refractivity contribution is 0.257. The lowest BCUT2D eigenvalue weighted by Crippen LogP contribution is -2.26. The first-order valence-electron chi connectivity index (χ1n) is 7.15. The second-order valence-corrected chi connectivity index (χ2v) is 4.74. The first-order chi connectivity index (χ1) is 8.81. The average Bonchev–Trinajstić information content (AvgIpc) is 2.42. The van der Waals surface area contributed by atoms with E-state index in [1.165, 1.54) is 44.3 Å². The molecule has 0 aliphatic heterocycles. The zero-order valence-electron chi connectivity index (χ0n) is 12.1. The Morgan fingerprint density at radius 3 is 2.39 bits per heavy atom. The zero-order chi connectivity index (χ0) is 13.2. The monoisotopic (exact) mass is 249 g/mol. The number of hydrogen-bond acceptors (Lipinski definition) is 3. The van der Waals surface area contributed by atoms with Crippen LogP contribution in [0, 0.1) is 0 Å². The first kappa shape index (κ1) is 15.0. The minimum Gasteiger partial charge on any atom is -0.373 e. The molecule has 0 aliphatic rings. The van der Waals surface area contributed by atoms with E-state index in [0.717, 1.165) is 12.4 Å². The number of nitrogens with zero attached hydrogens (tertiary/aromatic N) is 2. The second-order valence-electron chi connectivity index (χ2n) is 4.74. The van der Waals surface area contributed by atoms with Gasteiger partial charge in [0.25, 0.3) is 0 Å². The summed E-state index contributed by atoms with van der Waals surface area (Å²) in [7, 11) is 1.94. The van der Waals surface area contributed by atoms with Crippen LogP contribution in [-0.2, 0) is 6.54 Å². The Kier molecular flexibility index (Phi) is 7.42. The number of unbranched alkanes of at least 4 members (excludes halogenated alkanes) is 2. The van der Waals surface area contributed by atoms with Crippen LogP contribution in [0.25, 0.3) is 0 Å². The highest BCUT2D eigenvalue weighted by atomic mass is 15.1. The molecule has 0 amide bonds. The van der Waals surface area contributed by atoms with E-state index in [2.05, 4.69) is 35.1 Å². The number of anilines is 1. The van der Waals surface area contributed by atoms with Crippen LogP contribution >= 0.6 is 0 Å². The third-order valence-corrected chi connectivity index (χ3v) is 3.18. The van der Waals surface area contributed by atoms with Crippen LogP contribution in [0.1, 0.15) is 45.1 Å². The Balaban J connectivity index is 2.62. The van der Waals surface area contributed by atoms with Gasteiger partial charge in [-0.1, -0.05) is 32.8 Å². The topological polar surface area (TPSA) is 28.2 Å². The molecule has 1 rings (SSSR count). The normalized spacial score (nSPS) is 10.9. The fourth-order valence-corrected chi connectivity index (χ4v) is 2.07. The summed E-state index contributed by atoms with van der Waals surface area (Å²) in [5.74, 6) is 1.01. The number of aromatic nitrogens is 1. The van der Waals surface area contributed by atoms with E-state index in [4.69, 9.17) is 0 Å². The van der Waals surface area contributed by atoms with Gasteiger partial charge in [0.15, 0.2) is 0 Å². The van der Waals surface area contributed by atoms with Crippen molar-refractivity contribution in [3.05, 3.63) is 23.9 Å². The highest BCUT2D eigenvalue weighted by molar-refractivity contribution is 5.42. The minimum absolute atomic E-state index is 1.00. The number of hydrogen-bond donors (Lipinski definition) is 1. The van der Waals surface area contributed by atoms with Gasteiger partial charge in [-0.3, -0.25) is 4.90 Å². The smallest absolute Gasteiger partial charge is 0.130 e. The summed E-state index contributed by atoms with van der Waals surface area (Å²) < 4.78 is 0. The quantitative estimate of drug-likeness (QED) is 0.725. The van der Waals surface area contributed by atoms with Crippen LogP contribution in [-0.4, -0.2) is 30.0 Å². The predicted molar refractivity (Wildman–Crippen MR) is 78.9 cm³/mol. The molecule has 0 aromatic carbocycles. The van der Waals surface area contributed by atoms with E-state index in [0.29, 0.717) is 0 Å². The largest absolute Gasteiger partial charge is 0.373 e. The molecule has 1 heterocycles. The first-order valence-corrected chi connectivity index (χ1v) is 7.15. The van der Waals surface area contributed by atoms with Crippen molar-refractivity contribution in [2.24, 2.45) is 0 Å². The summed E-state index contributed by atoms with van der Waals surface area (Å²) in [6, 6.07) is 4.19. The summed E-state index contributed by atoms with van der Waals surface area (Å²) in [6.45, 7) is 7.88. The summed E-state index contributed by atoms with van der Waals surface area (Å²) >= 11 is 0. The van der Waals surface area contributed by atoms with Crippen molar-refractivity contribution in [3.63, 3.8) is 0 Å². The maximum Gasteiger partial charge on any atom is 0.130 e. The van der Waals surface area contributed by atoms with E-state index in [1.54, 1.807) is 0 Å². The van der Waals surface area contributed by atoms with Crippen molar-refractivity contribution in [2.75, 3.05) is 25.5 Å². The third-order valence-electron chi connectivity index (χ3n) is 3.18. The second kappa shape index (κ2) is 8.92. The van der Waals surface area contributed by atoms with Gasteiger partial charge in [0.05, 0.1) is 0 Å². The SMILES string of the molecule is CCCCN(CCCC)Cc1cccnc1NC. The van der Waals surface area contributed by atoms with Gasteiger partial charge in [-0.15, -0.1) is 0 Å². The molecule has 3 heteroatoms. The van der Waals surface area contributed by atoms with Crippen molar-refractivity contribution >= 4 is 5.82 Å². The van der Waals surface area contributed by atoms with Crippen molar-refractivity contribution < 1.29 is 0 Å². The van der Waals surface area contributed by atoms with E-state index in [1.807, 2.05) is 19.3 Å². The summed E-state index contributed by atoms with van der Waals surface area (Å²) in [5, 5.41) is 3.18. The molecule has 102 valence electrons. The van der Waals surface area contributed by atoms with Gasteiger partial charge < -0.3 is 5.32 Å². The van der Waals surface area contributed by atoms with Crippen LogP contribution in [0.4, 0.5) is 5.82 Å². The number of rotatable bonds is 9. The molecule has 0 saturated carbocycles. The Morgan fingerprint density at radius 1 is 1.17 bits per heavy atom. The number of nitrogens with one attached hydrogen (secondary N) is 1. The molecule has 18 heavy (non-hydrogen) atoms. The van der Waals surface area contributed by atoms with Crippen LogP contribution in [0.2, 0.25) is 0 Å². The van der Waals surface area contributed by atoms with Crippen LogP contribution in [0.5, 0.6) is 0 Å².